The molecule has 0 radical (unpaired) electrons. The maximum absolute atomic E-state index is 5.85. The first kappa shape index (κ1) is 12.9. The molecule has 3 N–H and O–H groups in total. The number of fused-ring (bicyclic) bond motifs is 1. The molecule has 100 valence electrons. The fourth-order valence-electron chi connectivity index (χ4n) is 2.14. The smallest absolute Gasteiger partial charge is 0.145 e. The van der Waals surface area contributed by atoms with Crippen molar-refractivity contribution >= 4 is 43.9 Å². The molecule has 4 heteroatoms. The van der Waals surface area contributed by atoms with Crippen LogP contribution in [-0.2, 0) is 0 Å². The van der Waals surface area contributed by atoms with E-state index in [4.69, 9.17) is 5.73 Å². The Balaban J connectivity index is 2.08. The maximum atomic E-state index is 5.85. The third-order valence-corrected chi connectivity index (χ3v) is 4.32. The topological polar surface area (TPSA) is 50.9 Å². The number of pyridine rings is 1. The molecule has 0 amide bonds. The summed E-state index contributed by atoms with van der Waals surface area (Å²) in [6, 6.07) is 14.4. The Morgan fingerprint density at radius 3 is 2.70 bits per heavy atom. The fourth-order valence-corrected chi connectivity index (χ4v) is 2.57. The van der Waals surface area contributed by atoms with Gasteiger partial charge in [0.25, 0.3) is 0 Å². The quantitative estimate of drug-likeness (QED) is 0.721. The molecule has 0 saturated heterocycles. The minimum absolute atomic E-state index is 0.681. The molecule has 3 rings (SSSR count). The van der Waals surface area contributed by atoms with Gasteiger partial charge in [0, 0.05) is 11.1 Å². The van der Waals surface area contributed by atoms with E-state index < -0.39 is 0 Å². The van der Waals surface area contributed by atoms with Crippen molar-refractivity contribution in [2.75, 3.05) is 11.1 Å². The van der Waals surface area contributed by atoms with E-state index in [0.29, 0.717) is 5.69 Å². The van der Waals surface area contributed by atoms with Crippen LogP contribution in [0.5, 0.6) is 0 Å². The molecule has 0 spiro atoms. The van der Waals surface area contributed by atoms with Crippen LogP contribution in [0.3, 0.4) is 0 Å². The number of anilines is 3. The predicted molar refractivity (Wildman–Crippen MR) is 88.3 cm³/mol. The van der Waals surface area contributed by atoms with Crippen LogP contribution in [0.2, 0.25) is 0 Å². The molecule has 0 fully saturated rings. The highest BCUT2D eigenvalue weighted by atomic mass is 79.9. The second-order valence-electron chi connectivity index (χ2n) is 4.65. The number of aromatic nitrogens is 1. The van der Waals surface area contributed by atoms with Crippen molar-refractivity contribution in [2.45, 2.75) is 6.92 Å². The molecule has 0 aliphatic heterocycles. The van der Waals surface area contributed by atoms with E-state index in [2.05, 4.69) is 44.4 Å². The van der Waals surface area contributed by atoms with E-state index in [-0.39, 0.29) is 0 Å². The summed E-state index contributed by atoms with van der Waals surface area (Å²) < 4.78 is 0.894. The molecule has 0 aliphatic rings. The standard InChI is InChI=1S/C16H14BrN3/c1-10-13(18)9-19-16(15(10)17)20-14-8-4-6-11-5-2-3-7-12(11)14/h2-9H,18H2,1H3,(H,19,20). The van der Waals surface area contributed by atoms with Crippen molar-refractivity contribution in [3.63, 3.8) is 0 Å². The first-order valence-corrected chi connectivity index (χ1v) is 7.11. The Kier molecular flexibility index (Phi) is 3.32. The van der Waals surface area contributed by atoms with Gasteiger partial charge in [0.05, 0.1) is 16.4 Å². The molecular weight excluding hydrogens is 314 g/mol. The van der Waals surface area contributed by atoms with Gasteiger partial charge in [-0.25, -0.2) is 4.98 Å². The van der Waals surface area contributed by atoms with Crippen LogP contribution in [-0.4, -0.2) is 4.98 Å². The number of nitrogens with zero attached hydrogens (tertiary/aromatic N) is 1. The van der Waals surface area contributed by atoms with Crippen LogP contribution in [0.25, 0.3) is 10.8 Å². The lowest BCUT2D eigenvalue weighted by Crippen LogP contribution is -1.99. The minimum atomic E-state index is 0.681. The van der Waals surface area contributed by atoms with Crippen molar-refractivity contribution in [3.05, 3.63) is 58.7 Å². The van der Waals surface area contributed by atoms with Crippen molar-refractivity contribution in [2.24, 2.45) is 0 Å². The van der Waals surface area contributed by atoms with Crippen LogP contribution >= 0.6 is 15.9 Å². The van der Waals surface area contributed by atoms with Gasteiger partial charge >= 0.3 is 0 Å². The molecular formula is C16H14BrN3. The fraction of sp³-hybridized carbons (Fsp3) is 0.0625. The maximum Gasteiger partial charge on any atom is 0.145 e. The average Bonchev–Trinajstić information content (AvgIpc) is 2.48. The third-order valence-electron chi connectivity index (χ3n) is 3.35. The van der Waals surface area contributed by atoms with E-state index in [1.807, 2.05) is 31.2 Å². The van der Waals surface area contributed by atoms with Crippen molar-refractivity contribution < 1.29 is 0 Å². The highest BCUT2D eigenvalue weighted by molar-refractivity contribution is 9.10. The number of hydrogen-bond donors (Lipinski definition) is 2. The molecule has 0 saturated carbocycles. The van der Waals surface area contributed by atoms with Crippen molar-refractivity contribution in [1.29, 1.82) is 0 Å². The highest BCUT2D eigenvalue weighted by Crippen LogP contribution is 2.32. The number of halogens is 1. The molecule has 3 aromatic rings. The number of hydrogen-bond acceptors (Lipinski definition) is 3. The largest absolute Gasteiger partial charge is 0.397 e. The summed E-state index contributed by atoms with van der Waals surface area (Å²) in [5.74, 6) is 0.771. The summed E-state index contributed by atoms with van der Waals surface area (Å²) in [7, 11) is 0. The van der Waals surface area contributed by atoms with Crippen LogP contribution in [0.15, 0.2) is 53.1 Å². The monoisotopic (exact) mass is 327 g/mol. The van der Waals surface area contributed by atoms with Crippen LogP contribution in [0, 0.1) is 6.92 Å². The van der Waals surface area contributed by atoms with Crippen molar-refractivity contribution in [3.8, 4) is 0 Å². The Hall–Kier alpha value is -2.07. The molecule has 0 bridgehead atoms. The second-order valence-corrected chi connectivity index (χ2v) is 5.45. The lowest BCUT2D eigenvalue weighted by molar-refractivity contribution is 1.26. The first-order valence-electron chi connectivity index (χ1n) is 6.32. The zero-order valence-corrected chi connectivity index (χ0v) is 12.6. The van der Waals surface area contributed by atoms with E-state index in [9.17, 15) is 0 Å². The SMILES string of the molecule is Cc1c(N)cnc(Nc2cccc3ccccc23)c1Br. The number of benzene rings is 2. The molecule has 20 heavy (non-hydrogen) atoms. The summed E-state index contributed by atoms with van der Waals surface area (Å²) in [6.07, 6.45) is 1.67. The van der Waals surface area contributed by atoms with Gasteiger partial charge in [-0.2, -0.15) is 0 Å². The number of rotatable bonds is 2. The van der Waals surface area contributed by atoms with Crippen LogP contribution in [0.1, 0.15) is 5.56 Å². The van der Waals surface area contributed by atoms with Gasteiger partial charge in [-0.1, -0.05) is 36.4 Å². The molecule has 0 aliphatic carbocycles. The Labute approximate surface area is 126 Å². The lowest BCUT2D eigenvalue weighted by Gasteiger charge is -2.12. The first-order chi connectivity index (χ1) is 9.66. The van der Waals surface area contributed by atoms with Gasteiger partial charge in [0.15, 0.2) is 0 Å². The Morgan fingerprint density at radius 1 is 1.10 bits per heavy atom. The molecule has 1 heterocycles. The van der Waals surface area contributed by atoms with Gasteiger partial charge in [-0.15, -0.1) is 0 Å². The normalized spacial score (nSPS) is 10.7. The summed E-state index contributed by atoms with van der Waals surface area (Å²) >= 11 is 3.55. The van der Waals surface area contributed by atoms with Crippen LogP contribution < -0.4 is 11.1 Å². The zero-order chi connectivity index (χ0) is 14.1. The number of nitrogen functional groups attached to an aromatic ring is 1. The minimum Gasteiger partial charge on any atom is -0.397 e. The molecule has 0 atom stereocenters. The Morgan fingerprint density at radius 2 is 1.85 bits per heavy atom. The molecule has 1 aromatic heterocycles. The van der Waals surface area contributed by atoms with Gasteiger partial charge in [-0.3, -0.25) is 0 Å². The average molecular weight is 328 g/mol. The van der Waals surface area contributed by atoms with Gasteiger partial charge in [-0.05, 0) is 39.9 Å². The predicted octanol–water partition coefficient (Wildman–Crippen LogP) is 4.63. The molecule has 3 nitrogen and oxygen atoms in total. The summed E-state index contributed by atoms with van der Waals surface area (Å²) in [5, 5.41) is 5.73. The summed E-state index contributed by atoms with van der Waals surface area (Å²) in [6.45, 7) is 1.97. The second kappa shape index (κ2) is 5.13. The molecule has 0 unspecified atom stereocenters. The Bertz CT molecular complexity index is 779. The zero-order valence-electron chi connectivity index (χ0n) is 11.0. The van der Waals surface area contributed by atoms with E-state index in [1.165, 1.54) is 5.39 Å². The summed E-state index contributed by atoms with van der Waals surface area (Å²) in [4.78, 5) is 4.36. The van der Waals surface area contributed by atoms with Crippen molar-refractivity contribution in [1.82, 2.24) is 4.98 Å². The molecule has 2 aromatic carbocycles. The van der Waals surface area contributed by atoms with Gasteiger partial charge in [0.2, 0.25) is 0 Å². The van der Waals surface area contributed by atoms with E-state index >= 15 is 0 Å². The van der Waals surface area contributed by atoms with E-state index in [0.717, 1.165) is 26.9 Å². The number of nitrogens with one attached hydrogen (secondary N) is 1. The lowest BCUT2D eigenvalue weighted by atomic mass is 10.1. The van der Waals surface area contributed by atoms with E-state index in [1.54, 1.807) is 6.20 Å². The van der Waals surface area contributed by atoms with Crippen LogP contribution in [0.4, 0.5) is 17.2 Å². The highest BCUT2D eigenvalue weighted by Gasteiger charge is 2.09. The van der Waals surface area contributed by atoms with Gasteiger partial charge in [0.1, 0.15) is 5.82 Å². The number of nitrogens with two attached hydrogens (primary N) is 1. The third kappa shape index (κ3) is 2.23. The van der Waals surface area contributed by atoms with Gasteiger partial charge < -0.3 is 11.1 Å². The summed E-state index contributed by atoms with van der Waals surface area (Å²) in [5.41, 5.74) is 8.55.